The van der Waals surface area contributed by atoms with Crippen LogP contribution in [0.2, 0.25) is 0 Å². The number of halogens is 1. The van der Waals surface area contributed by atoms with E-state index in [4.69, 9.17) is 0 Å². The molecule has 80 valence electrons. The van der Waals surface area contributed by atoms with Crippen molar-refractivity contribution in [2.24, 2.45) is 7.05 Å². The molecule has 2 rings (SSSR count). The van der Waals surface area contributed by atoms with Gasteiger partial charge in [-0.3, -0.25) is 0 Å². The van der Waals surface area contributed by atoms with E-state index in [1.54, 1.807) is 0 Å². The van der Waals surface area contributed by atoms with Gasteiger partial charge in [-0.05, 0) is 12.5 Å². The van der Waals surface area contributed by atoms with Gasteiger partial charge in [-0.1, -0.05) is 29.8 Å². The van der Waals surface area contributed by atoms with Crippen LogP contribution in [0.1, 0.15) is 11.1 Å². The molecule has 1 aromatic carbocycles. The lowest BCUT2D eigenvalue weighted by atomic mass is 10.1. The van der Waals surface area contributed by atoms with Crippen LogP contribution in [0.5, 0.6) is 0 Å². The van der Waals surface area contributed by atoms with Gasteiger partial charge >= 0.3 is 0 Å². The highest BCUT2D eigenvalue weighted by atomic mass is 79.9. The van der Waals surface area contributed by atoms with Crippen molar-refractivity contribution in [2.75, 3.05) is 0 Å². The van der Waals surface area contributed by atoms with Gasteiger partial charge in [0.25, 0.3) is 0 Å². The zero-order valence-corrected chi connectivity index (χ0v) is 10.6. The molecule has 0 spiro atoms. The maximum atomic E-state index is 2.22. The summed E-state index contributed by atoms with van der Waals surface area (Å²) in [5, 5.41) is 0. The van der Waals surface area contributed by atoms with Gasteiger partial charge in [0.1, 0.15) is 18.9 Å². The summed E-state index contributed by atoms with van der Waals surface area (Å²) in [5.74, 6) is 0. The van der Waals surface area contributed by atoms with Gasteiger partial charge in [-0.25, -0.2) is 9.13 Å². The number of hydrogen-bond acceptors (Lipinski definition) is 0. The fourth-order valence-electron chi connectivity index (χ4n) is 1.62. The highest BCUT2D eigenvalue weighted by Crippen LogP contribution is 2.05. The Kier molecular flexibility index (Phi) is 4.09. The van der Waals surface area contributed by atoms with Gasteiger partial charge in [0.2, 0.25) is 6.33 Å². The number of hydrogen-bond donors (Lipinski definition) is 0. The largest absolute Gasteiger partial charge is 1.00 e. The molecule has 1 heterocycles. The minimum absolute atomic E-state index is 0. The Morgan fingerprint density at radius 2 is 2.13 bits per heavy atom. The maximum absolute atomic E-state index is 2.22. The molecule has 0 saturated heterocycles. The first kappa shape index (κ1) is 12.0. The van der Waals surface area contributed by atoms with E-state index < -0.39 is 0 Å². The van der Waals surface area contributed by atoms with Gasteiger partial charge in [-0.15, -0.1) is 0 Å². The van der Waals surface area contributed by atoms with Crippen molar-refractivity contribution >= 4 is 0 Å². The monoisotopic (exact) mass is 266 g/mol. The SMILES string of the molecule is Cc1cccc(Cn2cc[n+](C)c2)c1.[Br-]. The van der Waals surface area contributed by atoms with E-state index in [9.17, 15) is 0 Å². The molecule has 0 aliphatic carbocycles. The molecule has 0 amide bonds. The lowest BCUT2D eigenvalue weighted by molar-refractivity contribution is -0.671. The first-order valence-electron chi connectivity index (χ1n) is 4.80. The van der Waals surface area contributed by atoms with Gasteiger partial charge in [-0.2, -0.15) is 0 Å². The molecule has 1 aromatic heterocycles. The minimum atomic E-state index is 0. The molecule has 0 atom stereocenters. The first-order valence-corrected chi connectivity index (χ1v) is 4.80. The van der Waals surface area contributed by atoms with E-state index in [0.717, 1.165) is 6.54 Å². The zero-order valence-electron chi connectivity index (χ0n) is 9.02. The molecule has 0 aliphatic rings. The van der Waals surface area contributed by atoms with Crippen molar-refractivity contribution < 1.29 is 21.5 Å². The Labute approximate surface area is 101 Å². The van der Waals surface area contributed by atoms with Crippen LogP contribution in [0.25, 0.3) is 0 Å². The Morgan fingerprint density at radius 1 is 1.33 bits per heavy atom. The highest BCUT2D eigenvalue weighted by molar-refractivity contribution is 5.22. The predicted octanol–water partition coefficient (Wildman–Crippen LogP) is -1.33. The summed E-state index contributed by atoms with van der Waals surface area (Å²) in [5.41, 5.74) is 2.67. The van der Waals surface area contributed by atoms with Crippen LogP contribution in [0.4, 0.5) is 0 Å². The van der Waals surface area contributed by atoms with E-state index in [2.05, 4.69) is 59.0 Å². The van der Waals surface area contributed by atoms with E-state index in [1.165, 1.54) is 11.1 Å². The van der Waals surface area contributed by atoms with Gasteiger partial charge in [0, 0.05) is 0 Å². The Morgan fingerprint density at radius 3 is 2.73 bits per heavy atom. The standard InChI is InChI=1S/C12H15N2.BrH/c1-11-4-3-5-12(8-11)9-14-7-6-13(2)10-14;/h3-8,10H,9H2,1-2H3;1H/q+1;/p-1. The predicted molar refractivity (Wildman–Crippen MR) is 55.9 cm³/mol. The Bertz CT molecular complexity index is 435. The van der Waals surface area contributed by atoms with E-state index in [0.29, 0.717) is 0 Å². The molecular formula is C12H15BrN2. The number of benzene rings is 1. The Balaban J connectivity index is 0.00000112. The van der Waals surface area contributed by atoms with Crippen LogP contribution < -0.4 is 21.5 Å². The normalized spacial score (nSPS) is 9.73. The summed E-state index contributed by atoms with van der Waals surface area (Å²) in [6.07, 6.45) is 6.22. The number of aromatic nitrogens is 2. The molecule has 0 saturated carbocycles. The second-order valence-corrected chi connectivity index (χ2v) is 3.74. The van der Waals surface area contributed by atoms with Crippen LogP contribution in [0, 0.1) is 6.92 Å². The summed E-state index contributed by atoms with van der Waals surface area (Å²) in [4.78, 5) is 0. The van der Waals surface area contributed by atoms with Crippen molar-refractivity contribution in [3.8, 4) is 0 Å². The molecule has 0 bridgehead atoms. The van der Waals surface area contributed by atoms with E-state index >= 15 is 0 Å². The van der Waals surface area contributed by atoms with Gasteiger partial charge in [0.05, 0.1) is 7.05 Å². The fourth-order valence-corrected chi connectivity index (χ4v) is 1.62. The Hall–Kier alpha value is -1.09. The molecule has 2 aromatic rings. The van der Waals surface area contributed by atoms with Gasteiger partial charge < -0.3 is 17.0 Å². The average Bonchev–Trinajstić information content (AvgIpc) is 2.51. The third kappa shape index (κ3) is 3.20. The fraction of sp³-hybridized carbons (Fsp3) is 0.250. The third-order valence-electron chi connectivity index (χ3n) is 2.27. The van der Waals surface area contributed by atoms with Crippen molar-refractivity contribution in [1.82, 2.24) is 4.57 Å². The molecule has 3 heteroatoms. The molecule has 0 radical (unpaired) electrons. The van der Waals surface area contributed by atoms with E-state index in [-0.39, 0.29) is 17.0 Å². The van der Waals surface area contributed by atoms with Crippen LogP contribution >= 0.6 is 0 Å². The van der Waals surface area contributed by atoms with Crippen molar-refractivity contribution in [3.05, 3.63) is 54.1 Å². The number of aryl methyl sites for hydroxylation is 2. The first-order chi connectivity index (χ1) is 6.74. The maximum Gasteiger partial charge on any atom is 0.243 e. The number of rotatable bonds is 2. The highest BCUT2D eigenvalue weighted by Gasteiger charge is 2.01. The summed E-state index contributed by atoms with van der Waals surface area (Å²) < 4.78 is 4.23. The quantitative estimate of drug-likeness (QED) is 0.596. The van der Waals surface area contributed by atoms with Crippen molar-refractivity contribution in [1.29, 1.82) is 0 Å². The smallest absolute Gasteiger partial charge is 0.243 e. The molecule has 0 unspecified atom stereocenters. The summed E-state index contributed by atoms with van der Waals surface area (Å²) in [7, 11) is 2.03. The van der Waals surface area contributed by atoms with Crippen LogP contribution in [0.15, 0.2) is 43.0 Å². The zero-order chi connectivity index (χ0) is 9.97. The molecule has 0 fully saturated rings. The summed E-state index contributed by atoms with van der Waals surface area (Å²) in [6.45, 7) is 3.07. The topological polar surface area (TPSA) is 8.81 Å². The van der Waals surface area contributed by atoms with Crippen LogP contribution in [-0.4, -0.2) is 4.57 Å². The van der Waals surface area contributed by atoms with E-state index in [1.807, 2.05) is 7.05 Å². The molecule has 0 N–H and O–H groups in total. The molecule has 0 aliphatic heterocycles. The molecular weight excluding hydrogens is 252 g/mol. The minimum Gasteiger partial charge on any atom is -1.00 e. The van der Waals surface area contributed by atoms with Crippen molar-refractivity contribution in [3.63, 3.8) is 0 Å². The van der Waals surface area contributed by atoms with Crippen molar-refractivity contribution in [2.45, 2.75) is 13.5 Å². The molecule has 15 heavy (non-hydrogen) atoms. The number of nitrogens with zero attached hydrogens (tertiary/aromatic N) is 2. The van der Waals surface area contributed by atoms with Gasteiger partial charge in [0.15, 0.2) is 0 Å². The second kappa shape index (κ2) is 5.12. The third-order valence-corrected chi connectivity index (χ3v) is 2.27. The molecule has 2 nitrogen and oxygen atoms in total. The second-order valence-electron chi connectivity index (χ2n) is 3.74. The lowest BCUT2D eigenvalue weighted by Crippen LogP contribution is -3.00. The summed E-state index contributed by atoms with van der Waals surface area (Å²) in [6, 6.07) is 8.61. The number of imidazole rings is 1. The van der Waals surface area contributed by atoms with Crippen LogP contribution in [-0.2, 0) is 13.6 Å². The average molecular weight is 267 g/mol. The lowest BCUT2D eigenvalue weighted by Gasteiger charge is -1.98. The summed E-state index contributed by atoms with van der Waals surface area (Å²) >= 11 is 0. The van der Waals surface area contributed by atoms with Crippen LogP contribution in [0.3, 0.4) is 0 Å².